The molecule has 1 aromatic rings. The summed E-state index contributed by atoms with van der Waals surface area (Å²) in [6, 6.07) is 0. The second-order valence-electron chi connectivity index (χ2n) is 4.64. The first kappa shape index (κ1) is 14.4. The maximum atomic E-state index is 11.7. The van der Waals surface area contributed by atoms with Crippen LogP contribution in [0.25, 0.3) is 0 Å². The predicted molar refractivity (Wildman–Crippen MR) is 70.6 cm³/mol. The summed E-state index contributed by atoms with van der Waals surface area (Å²) >= 11 is 0. The predicted octanol–water partition coefficient (Wildman–Crippen LogP) is 1.69. The first-order chi connectivity index (χ1) is 9.60. The zero-order chi connectivity index (χ0) is 14.5. The second-order valence-corrected chi connectivity index (χ2v) is 4.64. The van der Waals surface area contributed by atoms with Gasteiger partial charge in [-0.1, -0.05) is 5.22 Å². The van der Waals surface area contributed by atoms with E-state index in [1.54, 1.807) is 6.92 Å². The third-order valence-corrected chi connectivity index (χ3v) is 2.77. The van der Waals surface area contributed by atoms with E-state index < -0.39 is 5.97 Å². The minimum atomic E-state index is -0.484. The van der Waals surface area contributed by atoms with E-state index >= 15 is 0 Å². The van der Waals surface area contributed by atoms with Crippen molar-refractivity contribution in [3.63, 3.8) is 0 Å². The highest BCUT2D eigenvalue weighted by Crippen LogP contribution is 2.17. The summed E-state index contributed by atoms with van der Waals surface area (Å²) in [7, 11) is 0. The minimum absolute atomic E-state index is 0.0985. The van der Waals surface area contributed by atoms with E-state index in [9.17, 15) is 4.79 Å². The molecule has 1 N–H and O–H groups in total. The quantitative estimate of drug-likeness (QED) is 0.669. The van der Waals surface area contributed by atoms with Crippen LogP contribution < -0.4 is 0 Å². The first-order valence-electron chi connectivity index (χ1n) is 6.62. The Bertz CT molecular complexity index is 477. The second kappa shape index (κ2) is 6.47. The molecule has 0 aromatic carbocycles. The van der Waals surface area contributed by atoms with Gasteiger partial charge in [0.2, 0.25) is 5.82 Å². The van der Waals surface area contributed by atoms with Crippen molar-refractivity contribution >= 4 is 11.8 Å². The molecule has 1 aliphatic rings. The Hall–Kier alpha value is -1.96. The Morgan fingerprint density at radius 1 is 1.55 bits per heavy atom. The topological polar surface area (TPSA) is 92.2 Å². The van der Waals surface area contributed by atoms with Gasteiger partial charge in [0.25, 0.3) is 0 Å². The highest BCUT2D eigenvalue weighted by atomic mass is 16.5. The number of esters is 1. The fraction of sp³-hybridized carbons (Fsp3) is 0.667. The smallest absolute Gasteiger partial charge is 0.358 e. The molecule has 2 atom stereocenters. The fourth-order valence-corrected chi connectivity index (χ4v) is 2.05. The molecule has 0 radical (unpaired) electrons. The van der Waals surface area contributed by atoms with Crippen molar-refractivity contribution in [1.82, 2.24) is 15.0 Å². The summed E-state index contributed by atoms with van der Waals surface area (Å²) < 4.78 is 10.5. The Kier molecular flexibility index (Phi) is 4.67. The van der Waals surface area contributed by atoms with Crippen molar-refractivity contribution in [1.29, 1.82) is 0 Å². The summed E-state index contributed by atoms with van der Waals surface area (Å²) in [4.78, 5) is 18.3. The maximum Gasteiger partial charge on any atom is 0.358 e. The van der Waals surface area contributed by atoms with Gasteiger partial charge in [-0.05, 0) is 20.8 Å². The molecule has 2 rings (SSSR count). The summed E-state index contributed by atoms with van der Waals surface area (Å²) in [5.74, 6) is -0.252. The standard InChI is InChI=1S/C12H19N5O3/c1-4-19-12(18)10-11(14-7-13-10)15-16-17-5-8(2)20-9(3)6-17/h7-9H,4-6H2,1-3H3,(H,13,14). The molecule has 0 saturated carbocycles. The molecule has 0 spiro atoms. The molecule has 1 aromatic heterocycles. The van der Waals surface area contributed by atoms with Crippen LogP contribution in [0.5, 0.6) is 0 Å². The van der Waals surface area contributed by atoms with Crippen LogP contribution in [0.3, 0.4) is 0 Å². The minimum Gasteiger partial charge on any atom is -0.461 e. The molecular formula is C12H19N5O3. The molecule has 0 bridgehead atoms. The molecule has 2 unspecified atom stereocenters. The number of carbonyl (C=O) groups excluding carboxylic acids is 1. The zero-order valence-electron chi connectivity index (χ0n) is 11.9. The summed E-state index contributed by atoms with van der Waals surface area (Å²) in [5, 5.41) is 9.94. The van der Waals surface area contributed by atoms with Gasteiger partial charge in [-0.25, -0.2) is 9.78 Å². The van der Waals surface area contributed by atoms with Gasteiger partial charge in [0.1, 0.15) is 0 Å². The van der Waals surface area contributed by atoms with Crippen molar-refractivity contribution in [3.8, 4) is 0 Å². The number of aromatic nitrogens is 2. The average Bonchev–Trinajstić information content (AvgIpc) is 2.84. The normalized spacial score (nSPS) is 23.2. The van der Waals surface area contributed by atoms with E-state index in [1.807, 2.05) is 18.9 Å². The zero-order valence-corrected chi connectivity index (χ0v) is 11.9. The fourth-order valence-electron chi connectivity index (χ4n) is 2.05. The van der Waals surface area contributed by atoms with Crippen LogP contribution in [-0.2, 0) is 9.47 Å². The average molecular weight is 281 g/mol. The van der Waals surface area contributed by atoms with Gasteiger partial charge in [0.15, 0.2) is 5.69 Å². The molecule has 20 heavy (non-hydrogen) atoms. The van der Waals surface area contributed by atoms with E-state index in [-0.39, 0.29) is 23.7 Å². The first-order valence-corrected chi connectivity index (χ1v) is 6.62. The summed E-state index contributed by atoms with van der Waals surface area (Å²) in [5.41, 5.74) is 0.213. The Morgan fingerprint density at radius 2 is 2.25 bits per heavy atom. The number of nitrogens with one attached hydrogen (secondary N) is 1. The lowest BCUT2D eigenvalue weighted by atomic mass is 10.3. The Balaban J connectivity index is 2.04. The van der Waals surface area contributed by atoms with Crippen LogP contribution in [0, 0.1) is 0 Å². The monoisotopic (exact) mass is 281 g/mol. The molecule has 0 aliphatic carbocycles. The molecule has 2 heterocycles. The van der Waals surface area contributed by atoms with Crippen LogP contribution >= 0.6 is 0 Å². The highest BCUT2D eigenvalue weighted by molar-refractivity contribution is 5.91. The number of rotatable bonds is 4. The van der Waals surface area contributed by atoms with Crippen LogP contribution in [0.2, 0.25) is 0 Å². The Labute approximate surface area is 117 Å². The van der Waals surface area contributed by atoms with E-state index in [4.69, 9.17) is 9.47 Å². The third kappa shape index (κ3) is 3.53. The Morgan fingerprint density at radius 3 is 2.90 bits per heavy atom. The molecular weight excluding hydrogens is 262 g/mol. The van der Waals surface area contributed by atoms with E-state index in [2.05, 4.69) is 20.3 Å². The van der Waals surface area contributed by atoms with Crippen LogP contribution in [-0.4, -0.2) is 52.9 Å². The lowest BCUT2D eigenvalue weighted by Gasteiger charge is -2.32. The van der Waals surface area contributed by atoms with Gasteiger partial charge >= 0.3 is 5.97 Å². The largest absolute Gasteiger partial charge is 0.461 e. The number of H-pyrrole nitrogens is 1. The van der Waals surface area contributed by atoms with Gasteiger partial charge in [0, 0.05) is 0 Å². The third-order valence-electron chi connectivity index (χ3n) is 2.77. The summed E-state index contributed by atoms with van der Waals surface area (Å²) in [6.07, 6.45) is 1.59. The van der Waals surface area contributed by atoms with Gasteiger partial charge in [-0.15, -0.1) is 5.11 Å². The SMILES string of the molecule is CCOC(=O)c1[nH]cnc1N=NN1CC(C)OC(C)C1. The molecule has 8 nitrogen and oxygen atoms in total. The molecule has 8 heteroatoms. The van der Waals surface area contributed by atoms with Gasteiger partial charge in [-0.2, -0.15) is 0 Å². The molecule has 1 saturated heterocycles. The lowest BCUT2D eigenvalue weighted by Crippen LogP contribution is -2.42. The highest BCUT2D eigenvalue weighted by Gasteiger charge is 2.22. The lowest BCUT2D eigenvalue weighted by molar-refractivity contribution is -0.0697. The summed E-state index contributed by atoms with van der Waals surface area (Å²) in [6.45, 7) is 7.33. The van der Waals surface area contributed by atoms with Crippen molar-refractivity contribution in [2.45, 2.75) is 33.0 Å². The van der Waals surface area contributed by atoms with Crippen molar-refractivity contribution in [2.75, 3.05) is 19.7 Å². The van der Waals surface area contributed by atoms with E-state index in [0.717, 1.165) is 0 Å². The number of imidazole rings is 1. The number of morpholine rings is 1. The van der Waals surface area contributed by atoms with Gasteiger partial charge in [-0.3, -0.25) is 5.01 Å². The van der Waals surface area contributed by atoms with E-state index in [1.165, 1.54) is 6.33 Å². The van der Waals surface area contributed by atoms with Crippen molar-refractivity contribution in [2.24, 2.45) is 10.3 Å². The number of hydrogen-bond donors (Lipinski definition) is 1. The van der Waals surface area contributed by atoms with Crippen molar-refractivity contribution in [3.05, 3.63) is 12.0 Å². The molecule has 1 fully saturated rings. The molecule has 0 amide bonds. The van der Waals surface area contributed by atoms with Gasteiger partial charge < -0.3 is 14.5 Å². The number of ether oxygens (including phenoxy) is 2. The number of nitrogens with zero attached hydrogens (tertiary/aromatic N) is 4. The number of carbonyl (C=O) groups is 1. The maximum absolute atomic E-state index is 11.7. The molecule has 110 valence electrons. The molecule has 1 aliphatic heterocycles. The van der Waals surface area contributed by atoms with Crippen LogP contribution in [0.4, 0.5) is 5.82 Å². The van der Waals surface area contributed by atoms with Crippen LogP contribution in [0.15, 0.2) is 16.7 Å². The number of aromatic amines is 1. The van der Waals surface area contributed by atoms with Crippen molar-refractivity contribution < 1.29 is 14.3 Å². The number of hydrogen-bond acceptors (Lipinski definition) is 6. The van der Waals surface area contributed by atoms with Crippen LogP contribution in [0.1, 0.15) is 31.3 Å². The van der Waals surface area contributed by atoms with E-state index in [0.29, 0.717) is 19.7 Å². The van der Waals surface area contributed by atoms with Gasteiger partial charge in [0.05, 0.1) is 38.2 Å².